The molecule has 2 fully saturated rings. The summed E-state index contributed by atoms with van der Waals surface area (Å²) >= 11 is 3.46. The number of thioether (sulfide) groups is 2. The number of carbonyl (C=O) groups excluding carboxylic acids is 2. The lowest BCUT2D eigenvalue weighted by molar-refractivity contribution is -0.133. The summed E-state index contributed by atoms with van der Waals surface area (Å²) in [6, 6.07) is 0.341. The summed E-state index contributed by atoms with van der Waals surface area (Å²) in [5.74, 6) is 2.47. The van der Waals surface area contributed by atoms with Gasteiger partial charge in [0.05, 0.1) is 10.3 Å². The Hall–Kier alpha value is -1.25. The molecule has 3 atom stereocenters. The molecule has 2 saturated heterocycles. The van der Waals surface area contributed by atoms with E-state index in [-0.39, 0.29) is 5.91 Å². The molecule has 170 valence electrons. The fraction of sp³-hybridized carbons (Fsp3) is 0.696. The maximum Gasteiger partial charge on any atom is 0.257 e. The van der Waals surface area contributed by atoms with Crippen LogP contribution in [-0.2, 0) is 9.59 Å². The number of unbranched alkanes of at least 4 members (excludes halogenated alkanes) is 1. The minimum atomic E-state index is 0.0525. The predicted octanol–water partition coefficient (Wildman–Crippen LogP) is 3.52. The lowest BCUT2D eigenvalue weighted by Crippen LogP contribution is -2.42. The van der Waals surface area contributed by atoms with E-state index < -0.39 is 0 Å². The summed E-state index contributed by atoms with van der Waals surface area (Å²) in [5, 5.41) is 7.03. The van der Waals surface area contributed by atoms with E-state index in [1.54, 1.807) is 11.8 Å². The normalized spacial score (nSPS) is 28.3. The molecule has 0 spiro atoms. The molecule has 2 N–H and O–H groups in total. The van der Waals surface area contributed by atoms with E-state index >= 15 is 0 Å². The first-order valence-corrected chi connectivity index (χ1v) is 13.5. The predicted molar refractivity (Wildman–Crippen MR) is 130 cm³/mol. The van der Waals surface area contributed by atoms with Gasteiger partial charge in [0.2, 0.25) is 5.91 Å². The minimum Gasteiger partial charge on any atom is -0.352 e. The highest BCUT2D eigenvalue weighted by atomic mass is 32.2. The summed E-state index contributed by atoms with van der Waals surface area (Å²) in [5.41, 5.74) is 0. The second-order valence-electron chi connectivity index (χ2n) is 8.96. The Bertz CT molecular complexity index is 759. The van der Waals surface area contributed by atoms with Crippen molar-refractivity contribution < 1.29 is 9.59 Å². The van der Waals surface area contributed by atoms with Gasteiger partial charge in [-0.2, -0.15) is 0 Å². The number of likely N-dealkylation sites (tertiary alicyclic amines) is 1. The lowest BCUT2D eigenvalue weighted by Gasteiger charge is -2.32. The largest absolute Gasteiger partial charge is 0.352 e. The molecular formula is C23H34N4O2S2. The molecule has 31 heavy (non-hydrogen) atoms. The molecule has 4 rings (SSSR count). The highest BCUT2D eigenvalue weighted by molar-refractivity contribution is 8.07. The first kappa shape index (κ1) is 22.9. The summed E-state index contributed by atoms with van der Waals surface area (Å²) in [7, 11) is 0. The van der Waals surface area contributed by atoms with E-state index in [4.69, 9.17) is 0 Å². The van der Waals surface area contributed by atoms with Crippen molar-refractivity contribution in [3.63, 3.8) is 0 Å². The van der Waals surface area contributed by atoms with E-state index in [0.717, 1.165) is 62.4 Å². The molecule has 0 aromatic carbocycles. The molecule has 3 unspecified atom stereocenters. The second kappa shape index (κ2) is 11.1. The maximum absolute atomic E-state index is 12.5. The van der Waals surface area contributed by atoms with Crippen molar-refractivity contribution >= 4 is 41.6 Å². The summed E-state index contributed by atoms with van der Waals surface area (Å²) in [4.78, 5) is 33.2. The van der Waals surface area contributed by atoms with Gasteiger partial charge in [-0.05, 0) is 38.5 Å². The Morgan fingerprint density at radius 2 is 2.13 bits per heavy atom. The van der Waals surface area contributed by atoms with Crippen LogP contribution in [0.2, 0.25) is 0 Å². The molecule has 6 nitrogen and oxygen atoms in total. The van der Waals surface area contributed by atoms with Crippen molar-refractivity contribution in [3.8, 4) is 0 Å². The molecule has 0 aromatic rings. The molecular weight excluding hydrogens is 428 g/mol. The zero-order valence-electron chi connectivity index (χ0n) is 18.3. The Balaban J connectivity index is 1.06. The summed E-state index contributed by atoms with van der Waals surface area (Å²) < 4.78 is 0. The molecule has 8 heteroatoms. The van der Waals surface area contributed by atoms with Crippen LogP contribution in [0.25, 0.3) is 0 Å². The Labute approximate surface area is 194 Å². The van der Waals surface area contributed by atoms with Gasteiger partial charge in [0.25, 0.3) is 5.91 Å². The van der Waals surface area contributed by atoms with Gasteiger partial charge in [-0.1, -0.05) is 30.7 Å². The number of fused-ring (bicyclic) bond motifs is 1. The minimum absolute atomic E-state index is 0.0525. The van der Waals surface area contributed by atoms with Crippen molar-refractivity contribution in [2.75, 3.05) is 25.4 Å². The van der Waals surface area contributed by atoms with Gasteiger partial charge in [-0.3, -0.25) is 14.6 Å². The van der Waals surface area contributed by atoms with Crippen molar-refractivity contribution in [1.29, 1.82) is 0 Å². The fourth-order valence-corrected chi connectivity index (χ4v) is 6.80. The number of nitrogens with one attached hydrogen (secondary N) is 2. The van der Waals surface area contributed by atoms with E-state index in [1.807, 2.05) is 24.2 Å². The zero-order valence-corrected chi connectivity index (χ0v) is 20.0. The highest BCUT2D eigenvalue weighted by Gasteiger charge is 2.28. The van der Waals surface area contributed by atoms with Crippen LogP contribution in [0.4, 0.5) is 0 Å². The van der Waals surface area contributed by atoms with Crippen molar-refractivity contribution in [2.24, 2.45) is 16.8 Å². The number of allylic oxidation sites excluding steroid dienone is 2. The van der Waals surface area contributed by atoms with Gasteiger partial charge in [0.1, 0.15) is 0 Å². The molecule has 0 aliphatic carbocycles. The first-order valence-electron chi connectivity index (χ1n) is 11.6. The van der Waals surface area contributed by atoms with E-state index in [1.165, 1.54) is 11.3 Å². The molecule has 0 bridgehead atoms. The molecule has 4 heterocycles. The monoisotopic (exact) mass is 462 g/mol. The second-order valence-corrected chi connectivity index (χ2v) is 11.4. The average Bonchev–Trinajstić information content (AvgIpc) is 3.39. The number of hydrogen-bond donors (Lipinski definition) is 2. The van der Waals surface area contributed by atoms with Crippen LogP contribution in [0, 0.1) is 11.8 Å². The smallest absolute Gasteiger partial charge is 0.257 e. The lowest BCUT2D eigenvalue weighted by atomic mass is 9.91. The number of carbonyl (C=O) groups is 2. The summed E-state index contributed by atoms with van der Waals surface area (Å²) in [6.45, 7) is 4.71. The molecule has 4 aliphatic rings. The van der Waals surface area contributed by atoms with Crippen molar-refractivity contribution in [1.82, 2.24) is 15.5 Å². The first-order chi connectivity index (χ1) is 15.1. The van der Waals surface area contributed by atoms with Crippen molar-refractivity contribution in [3.05, 3.63) is 22.1 Å². The Kier molecular flexibility index (Phi) is 8.18. The standard InChI is InChI=1S/C23H34N4O2S2/c1-16-26-19(15-30-16)13-22(28)27-10-6-17(7-11-27)4-2-3-8-25-23(29)20-12-18-5-9-24-14-21(18)31-20/h9,12,14,16-19,26H,2-8,10-11,13,15H2,1H3,(H,25,29). The van der Waals surface area contributed by atoms with Gasteiger partial charge < -0.3 is 15.5 Å². The average molecular weight is 463 g/mol. The molecule has 2 amide bonds. The number of hydrogen-bond acceptors (Lipinski definition) is 6. The van der Waals surface area contributed by atoms with Crippen LogP contribution in [-0.4, -0.2) is 59.7 Å². The van der Waals surface area contributed by atoms with Crippen LogP contribution in [0.5, 0.6) is 0 Å². The topological polar surface area (TPSA) is 73.8 Å². The molecule has 4 aliphatic heterocycles. The maximum atomic E-state index is 12.5. The molecule has 0 aromatic heterocycles. The molecule has 0 radical (unpaired) electrons. The van der Waals surface area contributed by atoms with Crippen LogP contribution < -0.4 is 10.6 Å². The third-order valence-corrected chi connectivity index (χ3v) is 8.98. The zero-order chi connectivity index (χ0) is 21.6. The van der Waals surface area contributed by atoms with E-state index in [0.29, 0.717) is 35.6 Å². The van der Waals surface area contributed by atoms with Crippen molar-refractivity contribution in [2.45, 2.75) is 63.3 Å². The van der Waals surface area contributed by atoms with Gasteiger partial charge >= 0.3 is 0 Å². The fourth-order valence-electron chi connectivity index (χ4n) is 4.69. The number of nitrogens with zero attached hydrogens (tertiary/aromatic N) is 2. The Morgan fingerprint density at radius 1 is 1.29 bits per heavy atom. The summed E-state index contributed by atoms with van der Waals surface area (Å²) in [6.07, 6.45) is 13.0. The highest BCUT2D eigenvalue weighted by Crippen LogP contribution is 2.42. The van der Waals surface area contributed by atoms with Crippen LogP contribution >= 0.6 is 23.5 Å². The van der Waals surface area contributed by atoms with Crippen LogP contribution in [0.3, 0.4) is 0 Å². The van der Waals surface area contributed by atoms with Crippen LogP contribution in [0.15, 0.2) is 27.1 Å². The number of rotatable bonds is 8. The number of piperidine rings is 1. The van der Waals surface area contributed by atoms with E-state index in [9.17, 15) is 9.59 Å². The third-order valence-electron chi connectivity index (χ3n) is 6.57. The molecule has 0 saturated carbocycles. The van der Waals surface area contributed by atoms with Gasteiger partial charge in [0, 0.05) is 61.1 Å². The quantitative estimate of drug-likeness (QED) is 0.540. The number of amides is 2. The van der Waals surface area contributed by atoms with Gasteiger partial charge in [-0.25, -0.2) is 0 Å². The SMILES string of the molecule is CC1NC(CC(=O)N2CCC(CCCCNC(=O)C3=CC4CC=NC=C4S3)CC2)CS1. The van der Waals surface area contributed by atoms with Gasteiger partial charge in [0.15, 0.2) is 0 Å². The number of aliphatic imine (C=N–C) groups is 1. The van der Waals surface area contributed by atoms with E-state index in [2.05, 4.69) is 33.5 Å². The van der Waals surface area contributed by atoms with Gasteiger partial charge in [-0.15, -0.1) is 11.8 Å². The van der Waals surface area contributed by atoms with Crippen LogP contribution in [0.1, 0.15) is 51.9 Å². The Morgan fingerprint density at radius 3 is 2.87 bits per heavy atom. The third kappa shape index (κ3) is 6.39.